The molecule has 1 atom stereocenters. The predicted octanol–water partition coefficient (Wildman–Crippen LogP) is 1.64. The maximum Gasteiger partial charge on any atom is 0.305 e. The summed E-state index contributed by atoms with van der Waals surface area (Å²) in [5.74, 6) is -0.309. The smallest absolute Gasteiger partial charge is 0.305 e. The third-order valence-electron chi connectivity index (χ3n) is 2.52. The summed E-state index contributed by atoms with van der Waals surface area (Å²) in [5.41, 5.74) is 0.464. The van der Waals surface area contributed by atoms with Gasteiger partial charge in [0.1, 0.15) is 11.9 Å². The molecule has 0 saturated heterocycles. The van der Waals surface area contributed by atoms with Gasteiger partial charge in [-0.05, 0) is 26.0 Å². The summed E-state index contributed by atoms with van der Waals surface area (Å²) >= 11 is 0. The van der Waals surface area contributed by atoms with E-state index in [0.717, 1.165) is 0 Å². The van der Waals surface area contributed by atoms with Gasteiger partial charge in [-0.3, -0.25) is 4.79 Å². The second-order valence-electron chi connectivity index (χ2n) is 3.72. The first-order valence-corrected chi connectivity index (χ1v) is 5.43. The number of nitriles is 1. The normalized spacial score (nSPS) is 11.6. The molecule has 0 bridgehead atoms. The molecule has 1 rings (SSSR count). The number of hydrogen-bond donors (Lipinski definition) is 1. The van der Waals surface area contributed by atoms with E-state index in [9.17, 15) is 4.79 Å². The van der Waals surface area contributed by atoms with Crippen LogP contribution in [-0.2, 0) is 4.79 Å². The van der Waals surface area contributed by atoms with Gasteiger partial charge in [-0.1, -0.05) is 0 Å². The van der Waals surface area contributed by atoms with E-state index in [1.165, 1.54) is 0 Å². The lowest BCUT2D eigenvalue weighted by Gasteiger charge is -2.28. The van der Waals surface area contributed by atoms with Crippen molar-refractivity contribution >= 4 is 11.8 Å². The first-order chi connectivity index (χ1) is 8.10. The summed E-state index contributed by atoms with van der Waals surface area (Å²) in [6, 6.07) is 5.24. The highest BCUT2D eigenvalue weighted by Crippen LogP contribution is 2.19. The van der Waals surface area contributed by atoms with Crippen molar-refractivity contribution in [2.45, 2.75) is 26.3 Å². The van der Waals surface area contributed by atoms with E-state index < -0.39 is 5.97 Å². The van der Waals surface area contributed by atoms with Crippen LogP contribution in [0.2, 0.25) is 0 Å². The standard InChI is InChI=1S/C12H15N3O2/c1-3-15(9(2)7-11(16)17)12-10(8-13)5-4-6-14-12/h4-6,9H,3,7H2,1-2H3,(H,16,17). The second-order valence-corrected chi connectivity index (χ2v) is 3.72. The molecule has 90 valence electrons. The van der Waals surface area contributed by atoms with E-state index in [1.807, 2.05) is 18.7 Å². The molecule has 1 aromatic rings. The number of carboxylic acid groups (broad SMARTS) is 1. The molecule has 0 aliphatic carbocycles. The average Bonchev–Trinajstić information content (AvgIpc) is 2.29. The fourth-order valence-corrected chi connectivity index (χ4v) is 1.75. The zero-order valence-corrected chi connectivity index (χ0v) is 9.92. The van der Waals surface area contributed by atoms with Crippen LogP contribution in [0, 0.1) is 11.3 Å². The third kappa shape index (κ3) is 3.18. The lowest BCUT2D eigenvalue weighted by Crippen LogP contribution is -2.35. The van der Waals surface area contributed by atoms with Crippen molar-refractivity contribution in [3.05, 3.63) is 23.9 Å². The highest BCUT2D eigenvalue weighted by atomic mass is 16.4. The number of pyridine rings is 1. The van der Waals surface area contributed by atoms with Crippen molar-refractivity contribution in [2.75, 3.05) is 11.4 Å². The minimum Gasteiger partial charge on any atom is -0.481 e. The summed E-state index contributed by atoms with van der Waals surface area (Å²) in [5, 5.41) is 17.8. The van der Waals surface area contributed by atoms with Crippen LogP contribution in [0.3, 0.4) is 0 Å². The minimum atomic E-state index is -0.856. The number of rotatable bonds is 5. The van der Waals surface area contributed by atoms with E-state index in [-0.39, 0.29) is 12.5 Å². The first-order valence-electron chi connectivity index (χ1n) is 5.43. The Morgan fingerprint density at radius 3 is 2.94 bits per heavy atom. The third-order valence-corrected chi connectivity index (χ3v) is 2.52. The average molecular weight is 233 g/mol. The monoisotopic (exact) mass is 233 g/mol. The number of nitrogens with zero attached hydrogens (tertiary/aromatic N) is 3. The summed E-state index contributed by atoms with van der Waals surface area (Å²) in [6.07, 6.45) is 1.63. The molecule has 0 aliphatic heterocycles. The van der Waals surface area contributed by atoms with E-state index in [2.05, 4.69) is 11.1 Å². The molecule has 0 aliphatic rings. The highest BCUT2D eigenvalue weighted by Gasteiger charge is 2.19. The van der Waals surface area contributed by atoms with Crippen molar-refractivity contribution in [3.8, 4) is 6.07 Å². The molecule has 0 aromatic carbocycles. The maximum absolute atomic E-state index is 10.7. The summed E-state index contributed by atoms with van der Waals surface area (Å²) < 4.78 is 0. The van der Waals surface area contributed by atoms with Crippen molar-refractivity contribution in [2.24, 2.45) is 0 Å². The zero-order chi connectivity index (χ0) is 12.8. The van der Waals surface area contributed by atoms with Crippen LogP contribution in [0.1, 0.15) is 25.8 Å². The summed E-state index contributed by atoms with van der Waals surface area (Å²) in [7, 11) is 0. The lowest BCUT2D eigenvalue weighted by atomic mass is 10.1. The van der Waals surface area contributed by atoms with Gasteiger partial charge in [0.2, 0.25) is 0 Å². The SMILES string of the molecule is CCN(c1ncccc1C#N)C(C)CC(=O)O. The van der Waals surface area contributed by atoms with Gasteiger partial charge < -0.3 is 10.0 Å². The van der Waals surface area contributed by atoms with Gasteiger partial charge in [0.25, 0.3) is 0 Å². The predicted molar refractivity (Wildman–Crippen MR) is 63.7 cm³/mol. The maximum atomic E-state index is 10.7. The van der Waals surface area contributed by atoms with Gasteiger partial charge in [-0.25, -0.2) is 4.98 Å². The molecular formula is C12H15N3O2. The molecule has 0 spiro atoms. The fourth-order valence-electron chi connectivity index (χ4n) is 1.75. The van der Waals surface area contributed by atoms with Crippen LogP contribution < -0.4 is 4.90 Å². The number of carboxylic acids is 1. The Kier molecular flexibility index (Phi) is 4.46. The number of anilines is 1. The molecule has 17 heavy (non-hydrogen) atoms. The van der Waals surface area contributed by atoms with Gasteiger partial charge in [-0.2, -0.15) is 5.26 Å². The van der Waals surface area contributed by atoms with Gasteiger partial charge in [-0.15, -0.1) is 0 Å². The van der Waals surface area contributed by atoms with Crippen LogP contribution in [0.4, 0.5) is 5.82 Å². The van der Waals surface area contributed by atoms with Crippen LogP contribution in [0.15, 0.2) is 18.3 Å². The van der Waals surface area contributed by atoms with Crippen molar-refractivity contribution in [1.82, 2.24) is 4.98 Å². The van der Waals surface area contributed by atoms with Crippen molar-refractivity contribution < 1.29 is 9.90 Å². The lowest BCUT2D eigenvalue weighted by molar-refractivity contribution is -0.137. The Bertz CT molecular complexity index is 440. The van der Waals surface area contributed by atoms with E-state index in [1.54, 1.807) is 18.3 Å². The molecular weight excluding hydrogens is 218 g/mol. The molecule has 1 aromatic heterocycles. The van der Waals surface area contributed by atoms with Crippen LogP contribution in [-0.4, -0.2) is 28.6 Å². The summed E-state index contributed by atoms with van der Waals surface area (Å²) in [6.45, 7) is 4.34. The van der Waals surface area contributed by atoms with Crippen LogP contribution in [0.5, 0.6) is 0 Å². The second kappa shape index (κ2) is 5.85. The quantitative estimate of drug-likeness (QED) is 0.836. The van der Waals surface area contributed by atoms with E-state index in [4.69, 9.17) is 10.4 Å². The van der Waals surface area contributed by atoms with Gasteiger partial charge in [0.05, 0.1) is 12.0 Å². The minimum absolute atomic E-state index is 0.0231. The Morgan fingerprint density at radius 2 is 2.41 bits per heavy atom. The number of aliphatic carboxylic acids is 1. The molecule has 1 N–H and O–H groups in total. The van der Waals surface area contributed by atoms with E-state index >= 15 is 0 Å². The Labute approximate surface area is 100 Å². The molecule has 0 amide bonds. The molecule has 0 radical (unpaired) electrons. The van der Waals surface area contributed by atoms with Crippen LogP contribution >= 0.6 is 0 Å². The summed E-state index contributed by atoms with van der Waals surface area (Å²) in [4.78, 5) is 16.7. The Hall–Kier alpha value is -2.09. The zero-order valence-electron chi connectivity index (χ0n) is 9.92. The molecule has 0 saturated carbocycles. The van der Waals surface area contributed by atoms with E-state index in [0.29, 0.717) is 17.9 Å². The molecule has 5 nitrogen and oxygen atoms in total. The van der Waals surface area contributed by atoms with Gasteiger partial charge >= 0.3 is 5.97 Å². The topological polar surface area (TPSA) is 77.2 Å². The molecule has 1 unspecified atom stereocenters. The number of carbonyl (C=O) groups is 1. The fraction of sp³-hybridized carbons (Fsp3) is 0.417. The number of hydrogen-bond acceptors (Lipinski definition) is 4. The molecule has 5 heteroatoms. The first kappa shape index (κ1) is 13.0. The Morgan fingerprint density at radius 1 is 1.71 bits per heavy atom. The van der Waals surface area contributed by atoms with Gasteiger partial charge in [0.15, 0.2) is 0 Å². The van der Waals surface area contributed by atoms with Crippen LogP contribution in [0.25, 0.3) is 0 Å². The largest absolute Gasteiger partial charge is 0.481 e. The Balaban J connectivity index is 3.01. The van der Waals surface area contributed by atoms with Crippen molar-refractivity contribution in [1.29, 1.82) is 5.26 Å². The van der Waals surface area contributed by atoms with Crippen molar-refractivity contribution in [3.63, 3.8) is 0 Å². The number of aromatic nitrogens is 1. The van der Waals surface area contributed by atoms with Gasteiger partial charge in [0, 0.05) is 18.8 Å². The molecule has 0 fully saturated rings. The molecule has 1 heterocycles. The highest BCUT2D eigenvalue weighted by molar-refractivity contribution is 5.68.